The van der Waals surface area contributed by atoms with Crippen LogP contribution in [0.4, 0.5) is 0 Å². The van der Waals surface area contributed by atoms with E-state index >= 15 is 0 Å². The molecule has 3 heteroatoms. The van der Waals surface area contributed by atoms with Crippen molar-refractivity contribution in [1.82, 2.24) is 0 Å². The Morgan fingerprint density at radius 2 is 1.58 bits per heavy atom. The van der Waals surface area contributed by atoms with Gasteiger partial charge in [0.25, 0.3) is 0 Å². The molecule has 2 aromatic carbocycles. The lowest BCUT2D eigenvalue weighted by atomic mass is 10.1. The van der Waals surface area contributed by atoms with Gasteiger partial charge in [-0.05, 0) is 5.56 Å². The smallest absolute Gasteiger partial charge is 0.142 e. The van der Waals surface area contributed by atoms with Crippen LogP contribution in [0.2, 0.25) is 0 Å². The zero-order valence-electron chi connectivity index (χ0n) is 11.0. The van der Waals surface area contributed by atoms with Crippen molar-refractivity contribution in [2.75, 3.05) is 13.7 Å². The highest BCUT2D eigenvalue weighted by Crippen LogP contribution is 2.05. The molecule has 0 aliphatic rings. The van der Waals surface area contributed by atoms with Crippen LogP contribution >= 0.6 is 0 Å². The number of rotatable bonds is 6. The van der Waals surface area contributed by atoms with Crippen molar-refractivity contribution in [3.8, 4) is 0 Å². The monoisotopic (exact) mass is 255 g/mol. The van der Waals surface area contributed by atoms with E-state index in [1.807, 2.05) is 60.7 Å². The van der Waals surface area contributed by atoms with E-state index in [0.717, 1.165) is 16.8 Å². The predicted octanol–water partition coefficient (Wildman–Crippen LogP) is 3.25. The second-order valence-corrected chi connectivity index (χ2v) is 4.10. The van der Waals surface area contributed by atoms with Crippen LogP contribution in [0.25, 0.3) is 0 Å². The first kappa shape index (κ1) is 13.3. The minimum absolute atomic E-state index is 0.429. The average molecular weight is 255 g/mol. The number of hydrogen-bond donors (Lipinski definition) is 0. The van der Waals surface area contributed by atoms with E-state index in [1.165, 1.54) is 0 Å². The second kappa shape index (κ2) is 7.34. The molecule has 2 aromatic rings. The maximum Gasteiger partial charge on any atom is 0.142 e. The Morgan fingerprint density at radius 1 is 0.947 bits per heavy atom. The molecule has 0 fully saturated rings. The van der Waals surface area contributed by atoms with E-state index < -0.39 is 0 Å². The number of methoxy groups -OCH3 is 1. The van der Waals surface area contributed by atoms with Crippen molar-refractivity contribution in [3.05, 3.63) is 71.8 Å². The highest BCUT2D eigenvalue weighted by molar-refractivity contribution is 6.01. The molecule has 0 atom stereocenters. The van der Waals surface area contributed by atoms with Gasteiger partial charge in [0.1, 0.15) is 12.3 Å². The van der Waals surface area contributed by atoms with E-state index in [0.29, 0.717) is 13.2 Å². The van der Waals surface area contributed by atoms with Crippen LogP contribution in [0.1, 0.15) is 11.1 Å². The SMILES string of the molecule is COCC(=NOCc1ccccc1)c1ccccc1. The van der Waals surface area contributed by atoms with Gasteiger partial charge in [-0.1, -0.05) is 65.8 Å². The van der Waals surface area contributed by atoms with Crippen LogP contribution in [-0.2, 0) is 16.2 Å². The molecule has 0 aliphatic heterocycles. The molecule has 0 aliphatic carbocycles. The Morgan fingerprint density at radius 3 is 2.21 bits per heavy atom. The van der Waals surface area contributed by atoms with Crippen LogP contribution in [0, 0.1) is 0 Å². The Labute approximate surface area is 113 Å². The zero-order valence-corrected chi connectivity index (χ0v) is 11.0. The van der Waals surface area contributed by atoms with Gasteiger partial charge < -0.3 is 9.57 Å². The van der Waals surface area contributed by atoms with Gasteiger partial charge in [-0.15, -0.1) is 0 Å². The molecule has 0 saturated heterocycles. The third kappa shape index (κ3) is 4.23. The first-order chi connectivity index (χ1) is 9.40. The van der Waals surface area contributed by atoms with Gasteiger partial charge >= 0.3 is 0 Å². The van der Waals surface area contributed by atoms with E-state index in [4.69, 9.17) is 9.57 Å². The highest BCUT2D eigenvalue weighted by atomic mass is 16.6. The summed E-state index contributed by atoms with van der Waals surface area (Å²) in [5, 5.41) is 4.17. The minimum atomic E-state index is 0.429. The van der Waals surface area contributed by atoms with Crippen molar-refractivity contribution >= 4 is 5.71 Å². The quantitative estimate of drug-likeness (QED) is 0.586. The maximum absolute atomic E-state index is 5.40. The van der Waals surface area contributed by atoms with Crippen molar-refractivity contribution in [2.45, 2.75) is 6.61 Å². The van der Waals surface area contributed by atoms with Crippen LogP contribution in [-0.4, -0.2) is 19.4 Å². The summed E-state index contributed by atoms with van der Waals surface area (Å²) in [5.41, 5.74) is 2.90. The summed E-state index contributed by atoms with van der Waals surface area (Å²) in [6.07, 6.45) is 0. The Balaban J connectivity index is 2.01. The molecule has 0 radical (unpaired) electrons. The molecule has 19 heavy (non-hydrogen) atoms. The molecular formula is C16H17NO2. The minimum Gasteiger partial charge on any atom is -0.391 e. The molecule has 98 valence electrons. The summed E-state index contributed by atoms with van der Waals surface area (Å²) in [4.78, 5) is 5.40. The van der Waals surface area contributed by atoms with Gasteiger partial charge in [0.15, 0.2) is 0 Å². The predicted molar refractivity (Wildman–Crippen MR) is 76.1 cm³/mol. The first-order valence-corrected chi connectivity index (χ1v) is 6.17. The van der Waals surface area contributed by atoms with Crippen LogP contribution in [0.15, 0.2) is 65.8 Å². The molecule has 0 saturated carbocycles. The summed E-state index contributed by atoms with van der Waals surface area (Å²) in [7, 11) is 1.65. The van der Waals surface area contributed by atoms with Gasteiger partial charge in [-0.2, -0.15) is 0 Å². The summed E-state index contributed by atoms with van der Waals surface area (Å²) in [6, 6.07) is 19.8. The van der Waals surface area contributed by atoms with Gasteiger partial charge in [0, 0.05) is 12.7 Å². The summed E-state index contributed by atoms with van der Waals surface area (Å²) < 4.78 is 5.15. The topological polar surface area (TPSA) is 30.8 Å². The molecular weight excluding hydrogens is 238 g/mol. The van der Waals surface area contributed by atoms with Crippen LogP contribution in [0.3, 0.4) is 0 Å². The standard InChI is InChI=1S/C16H17NO2/c1-18-13-16(15-10-6-3-7-11-15)17-19-12-14-8-4-2-5-9-14/h2-11H,12-13H2,1H3. The Bertz CT molecular complexity index is 509. The van der Waals surface area contributed by atoms with E-state index in [2.05, 4.69) is 5.16 Å². The lowest BCUT2D eigenvalue weighted by Gasteiger charge is -2.06. The van der Waals surface area contributed by atoms with Gasteiger partial charge in [0.2, 0.25) is 0 Å². The fourth-order valence-electron chi connectivity index (χ4n) is 1.69. The fourth-order valence-corrected chi connectivity index (χ4v) is 1.69. The molecule has 0 heterocycles. The number of nitrogens with zero attached hydrogens (tertiary/aromatic N) is 1. The van der Waals surface area contributed by atoms with Crippen molar-refractivity contribution in [3.63, 3.8) is 0 Å². The van der Waals surface area contributed by atoms with Gasteiger partial charge in [-0.3, -0.25) is 0 Å². The number of benzene rings is 2. The van der Waals surface area contributed by atoms with Crippen molar-refractivity contribution in [2.24, 2.45) is 5.16 Å². The summed E-state index contributed by atoms with van der Waals surface area (Å²) >= 11 is 0. The van der Waals surface area contributed by atoms with Crippen molar-refractivity contribution in [1.29, 1.82) is 0 Å². The number of hydrogen-bond acceptors (Lipinski definition) is 3. The number of ether oxygens (including phenoxy) is 1. The van der Waals surface area contributed by atoms with E-state index in [9.17, 15) is 0 Å². The number of oxime groups is 1. The Kier molecular flexibility index (Phi) is 5.14. The molecule has 2 rings (SSSR count). The summed E-state index contributed by atoms with van der Waals surface area (Å²) in [5.74, 6) is 0. The van der Waals surface area contributed by atoms with Crippen LogP contribution < -0.4 is 0 Å². The highest BCUT2D eigenvalue weighted by Gasteiger charge is 2.03. The van der Waals surface area contributed by atoms with Crippen molar-refractivity contribution < 1.29 is 9.57 Å². The second-order valence-electron chi connectivity index (χ2n) is 4.10. The zero-order chi connectivity index (χ0) is 13.3. The molecule has 0 spiro atoms. The van der Waals surface area contributed by atoms with Crippen LogP contribution in [0.5, 0.6) is 0 Å². The largest absolute Gasteiger partial charge is 0.391 e. The molecule has 3 nitrogen and oxygen atoms in total. The third-order valence-corrected chi connectivity index (χ3v) is 2.64. The normalized spacial score (nSPS) is 11.3. The summed E-state index contributed by atoms with van der Waals surface area (Å²) in [6.45, 7) is 0.889. The first-order valence-electron chi connectivity index (χ1n) is 6.17. The van der Waals surface area contributed by atoms with E-state index in [1.54, 1.807) is 7.11 Å². The van der Waals surface area contributed by atoms with Gasteiger partial charge in [0.05, 0.1) is 6.61 Å². The Hall–Kier alpha value is -2.13. The molecule has 0 amide bonds. The lowest BCUT2D eigenvalue weighted by molar-refractivity contribution is 0.127. The molecule has 0 bridgehead atoms. The van der Waals surface area contributed by atoms with E-state index in [-0.39, 0.29) is 0 Å². The lowest BCUT2D eigenvalue weighted by Crippen LogP contribution is -2.09. The van der Waals surface area contributed by atoms with Gasteiger partial charge in [-0.25, -0.2) is 0 Å². The molecule has 0 unspecified atom stereocenters. The molecule has 0 aromatic heterocycles. The average Bonchev–Trinajstić information content (AvgIpc) is 2.48. The fraction of sp³-hybridized carbons (Fsp3) is 0.188. The molecule has 0 N–H and O–H groups in total. The maximum atomic E-state index is 5.40. The third-order valence-electron chi connectivity index (χ3n) is 2.64.